The zero-order chi connectivity index (χ0) is 12.5. The Kier molecular flexibility index (Phi) is 2.92. The van der Waals surface area contributed by atoms with Crippen molar-refractivity contribution in [3.8, 4) is 0 Å². The number of carbonyl (C=O) groups is 1. The number of ketones is 1. The molecule has 1 nitrogen and oxygen atoms in total. The second-order valence-electron chi connectivity index (χ2n) is 4.16. The van der Waals surface area contributed by atoms with E-state index >= 15 is 0 Å². The van der Waals surface area contributed by atoms with E-state index < -0.39 is 5.92 Å². The van der Waals surface area contributed by atoms with Crippen LogP contribution in [0.3, 0.4) is 0 Å². The second-order valence-corrected chi connectivity index (χ2v) is 4.16. The van der Waals surface area contributed by atoms with Crippen molar-refractivity contribution in [3.63, 3.8) is 0 Å². The summed E-state index contributed by atoms with van der Waals surface area (Å²) in [6, 6.07) is 8.68. The zero-order valence-electron chi connectivity index (χ0n) is 9.41. The SMILES string of the molecule is CC1=C(C(=O)c2ccccc2)C=CC(F)(F)C1. The van der Waals surface area contributed by atoms with Crippen LogP contribution in [-0.4, -0.2) is 11.7 Å². The van der Waals surface area contributed by atoms with Gasteiger partial charge in [0.25, 0.3) is 5.92 Å². The van der Waals surface area contributed by atoms with Gasteiger partial charge in [-0.25, -0.2) is 8.78 Å². The van der Waals surface area contributed by atoms with Crippen molar-refractivity contribution in [1.29, 1.82) is 0 Å². The lowest BCUT2D eigenvalue weighted by molar-refractivity contribution is 0.0538. The predicted molar refractivity (Wildman–Crippen MR) is 62.2 cm³/mol. The van der Waals surface area contributed by atoms with E-state index in [1.807, 2.05) is 6.07 Å². The van der Waals surface area contributed by atoms with Gasteiger partial charge < -0.3 is 0 Å². The number of benzene rings is 1. The van der Waals surface area contributed by atoms with E-state index in [4.69, 9.17) is 0 Å². The van der Waals surface area contributed by atoms with Crippen molar-refractivity contribution in [3.05, 3.63) is 59.2 Å². The monoisotopic (exact) mass is 234 g/mol. The van der Waals surface area contributed by atoms with Crippen LogP contribution in [-0.2, 0) is 0 Å². The normalized spacial score (nSPS) is 18.3. The number of carbonyl (C=O) groups excluding carboxylic acids is 1. The van der Waals surface area contributed by atoms with Gasteiger partial charge >= 0.3 is 0 Å². The van der Waals surface area contributed by atoms with Crippen LogP contribution in [0.5, 0.6) is 0 Å². The van der Waals surface area contributed by atoms with E-state index in [1.54, 1.807) is 31.2 Å². The molecule has 2 rings (SSSR count). The first-order valence-electron chi connectivity index (χ1n) is 5.36. The highest BCUT2D eigenvalue weighted by molar-refractivity contribution is 6.11. The number of Topliss-reactive ketones (excluding diaryl/α,β-unsaturated/α-hetero) is 1. The molecule has 0 saturated carbocycles. The van der Waals surface area contributed by atoms with Crippen molar-refractivity contribution in [2.45, 2.75) is 19.3 Å². The summed E-state index contributed by atoms with van der Waals surface area (Å²) < 4.78 is 26.1. The number of hydrogen-bond acceptors (Lipinski definition) is 1. The third-order valence-electron chi connectivity index (χ3n) is 2.74. The Balaban J connectivity index is 2.31. The molecule has 0 amide bonds. The standard InChI is InChI=1S/C14H12F2O/c1-10-9-14(15,16)8-7-12(10)13(17)11-5-3-2-4-6-11/h2-8H,9H2,1H3. The Morgan fingerprint density at radius 1 is 1.24 bits per heavy atom. The summed E-state index contributed by atoms with van der Waals surface area (Å²) in [5.41, 5.74) is 1.34. The molecule has 0 spiro atoms. The van der Waals surface area contributed by atoms with Crippen molar-refractivity contribution >= 4 is 5.78 Å². The third kappa shape index (κ3) is 2.49. The topological polar surface area (TPSA) is 17.1 Å². The maximum atomic E-state index is 13.1. The van der Waals surface area contributed by atoms with Gasteiger partial charge in [-0.3, -0.25) is 4.79 Å². The van der Waals surface area contributed by atoms with E-state index in [9.17, 15) is 13.6 Å². The van der Waals surface area contributed by atoms with E-state index in [2.05, 4.69) is 0 Å². The van der Waals surface area contributed by atoms with Crippen LogP contribution < -0.4 is 0 Å². The number of alkyl halides is 2. The third-order valence-corrected chi connectivity index (χ3v) is 2.74. The lowest BCUT2D eigenvalue weighted by Gasteiger charge is -2.19. The number of rotatable bonds is 2. The van der Waals surface area contributed by atoms with Gasteiger partial charge in [0.15, 0.2) is 5.78 Å². The molecule has 3 heteroatoms. The van der Waals surface area contributed by atoms with E-state index in [-0.39, 0.29) is 12.2 Å². The minimum Gasteiger partial charge on any atom is -0.289 e. The Hall–Kier alpha value is -1.77. The molecule has 1 aromatic carbocycles. The highest BCUT2D eigenvalue weighted by Crippen LogP contribution is 2.32. The van der Waals surface area contributed by atoms with Crippen molar-refractivity contribution in [2.75, 3.05) is 0 Å². The Labute approximate surface area is 98.5 Å². The van der Waals surface area contributed by atoms with Crippen molar-refractivity contribution in [2.24, 2.45) is 0 Å². The summed E-state index contributed by atoms with van der Waals surface area (Å²) >= 11 is 0. The Morgan fingerprint density at radius 2 is 1.88 bits per heavy atom. The van der Waals surface area contributed by atoms with E-state index in [1.165, 1.54) is 6.08 Å². The molecule has 0 aromatic heterocycles. The summed E-state index contributed by atoms with van der Waals surface area (Å²) in [5.74, 6) is -3.03. The van der Waals surface area contributed by atoms with Crippen LogP contribution in [0.2, 0.25) is 0 Å². The van der Waals surface area contributed by atoms with Crippen LogP contribution in [0, 0.1) is 0 Å². The summed E-state index contributed by atoms with van der Waals surface area (Å²) in [6.45, 7) is 1.58. The number of halogens is 2. The molecule has 0 saturated heterocycles. The summed E-state index contributed by atoms with van der Waals surface area (Å²) in [7, 11) is 0. The van der Waals surface area contributed by atoms with Gasteiger partial charge in [-0.05, 0) is 19.1 Å². The molecule has 0 radical (unpaired) electrons. The van der Waals surface area contributed by atoms with Crippen LogP contribution in [0.25, 0.3) is 0 Å². The smallest absolute Gasteiger partial charge is 0.270 e. The highest BCUT2D eigenvalue weighted by Gasteiger charge is 2.31. The Morgan fingerprint density at radius 3 is 2.47 bits per heavy atom. The molecule has 1 aliphatic rings. The Bertz CT molecular complexity index is 498. The van der Waals surface area contributed by atoms with Gasteiger partial charge in [-0.2, -0.15) is 0 Å². The molecule has 88 valence electrons. The predicted octanol–water partition coefficient (Wildman–Crippen LogP) is 3.78. The van der Waals surface area contributed by atoms with Gasteiger partial charge in [0, 0.05) is 17.6 Å². The summed E-state index contributed by atoms with van der Waals surface area (Å²) in [5, 5.41) is 0. The average Bonchev–Trinajstić information content (AvgIpc) is 2.28. The largest absolute Gasteiger partial charge is 0.289 e. The van der Waals surface area contributed by atoms with Crippen LogP contribution in [0.15, 0.2) is 53.6 Å². The van der Waals surface area contributed by atoms with E-state index in [0.717, 1.165) is 6.08 Å². The maximum absolute atomic E-state index is 13.1. The van der Waals surface area contributed by atoms with Crippen molar-refractivity contribution < 1.29 is 13.6 Å². The van der Waals surface area contributed by atoms with Crippen LogP contribution in [0.4, 0.5) is 8.78 Å². The summed E-state index contributed by atoms with van der Waals surface area (Å²) in [6.07, 6.45) is 1.65. The van der Waals surface area contributed by atoms with Gasteiger partial charge in [-0.1, -0.05) is 35.9 Å². The van der Waals surface area contributed by atoms with E-state index in [0.29, 0.717) is 16.7 Å². The van der Waals surface area contributed by atoms with Gasteiger partial charge in [0.1, 0.15) is 0 Å². The van der Waals surface area contributed by atoms with Gasteiger partial charge in [0.2, 0.25) is 0 Å². The minimum atomic E-state index is -2.83. The van der Waals surface area contributed by atoms with Gasteiger partial charge in [-0.15, -0.1) is 0 Å². The first-order chi connectivity index (χ1) is 7.99. The quantitative estimate of drug-likeness (QED) is 0.712. The minimum absolute atomic E-state index is 0.199. The molecule has 0 aliphatic heterocycles. The molecule has 0 bridgehead atoms. The lowest BCUT2D eigenvalue weighted by Crippen LogP contribution is -2.19. The molecular weight excluding hydrogens is 222 g/mol. The fraction of sp³-hybridized carbons (Fsp3) is 0.214. The fourth-order valence-electron chi connectivity index (χ4n) is 1.87. The molecule has 17 heavy (non-hydrogen) atoms. The number of hydrogen-bond donors (Lipinski definition) is 0. The first kappa shape index (κ1) is 11.7. The molecular formula is C14H12F2O. The van der Waals surface area contributed by atoms with Gasteiger partial charge in [0.05, 0.1) is 0 Å². The maximum Gasteiger partial charge on any atom is 0.270 e. The number of allylic oxidation sites excluding steroid dienone is 4. The second kappa shape index (κ2) is 4.24. The highest BCUT2D eigenvalue weighted by atomic mass is 19.3. The molecule has 0 N–H and O–H groups in total. The lowest BCUT2D eigenvalue weighted by atomic mass is 9.91. The van der Waals surface area contributed by atoms with Crippen molar-refractivity contribution in [1.82, 2.24) is 0 Å². The molecule has 1 aliphatic carbocycles. The first-order valence-corrected chi connectivity index (χ1v) is 5.36. The molecule has 0 atom stereocenters. The molecule has 0 unspecified atom stereocenters. The average molecular weight is 234 g/mol. The van der Waals surface area contributed by atoms with Crippen LogP contribution >= 0.6 is 0 Å². The molecule has 0 heterocycles. The summed E-state index contributed by atoms with van der Waals surface area (Å²) in [4.78, 5) is 12.1. The van der Waals surface area contributed by atoms with Crippen LogP contribution in [0.1, 0.15) is 23.7 Å². The zero-order valence-corrected chi connectivity index (χ0v) is 9.41. The molecule has 1 aromatic rings. The fourth-order valence-corrected chi connectivity index (χ4v) is 1.87. The molecule has 0 fully saturated rings.